The van der Waals surface area contributed by atoms with Crippen LogP contribution in [-0.2, 0) is 14.3 Å². The average molecular weight is 400 g/mol. The molecule has 0 saturated heterocycles. The average Bonchev–Trinajstić information content (AvgIpc) is 3.09. The lowest BCUT2D eigenvalue weighted by Crippen LogP contribution is -2.37. The monoisotopic (exact) mass is 399 g/mol. The molecule has 0 N–H and O–H groups in total. The first-order valence-electron chi connectivity index (χ1n) is 8.74. The fraction of sp³-hybridized carbons (Fsp3) is 0.238. The highest BCUT2D eigenvalue weighted by Crippen LogP contribution is 2.45. The van der Waals surface area contributed by atoms with Crippen LogP contribution in [-0.4, -0.2) is 32.7 Å². The second-order valence-corrected chi connectivity index (χ2v) is 6.94. The Morgan fingerprint density at radius 1 is 1.07 bits per heavy atom. The quantitative estimate of drug-likeness (QED) is 0.733. The second kappa shape index (κ2) is 7.20. The Morgan fingerprint density at radius 2 is 1.82 bits per heavy atom. The van der Waals surface area contributed by atoms with Crippen molar-refractivity contribution in [2.24, 2.45) is 0 Å². The SMILES string of the molecule is COc1ccc([C@@H]2CC(=O)N(c3ccc(Cl)cc3)C3=C2C(=O)OC3)c(OC)c1. The number of rotatable bonds is 4. The Hall–Kier alpha value is -2.99. The van der Waals surface area contributed by atoms with E-state index in [0.29, 0.717) is 33.5 Å². The maximum absolute atomic E-state index is 13.1. The molecule has 4 rings (SSSR count). The number of hydrogen-bond donors (Lipinski definition) is 0. The number of cyclic esters (lactones) is 1. The topological polar surface area (TPSA) is 65.1 Å². The van der Waals surface area contributed by atoms with Crippen LogP contribution in [0.5, 0.6) is 11.5 Å². The lowest BCUT2D eigenvalue weighted by molar-refractivity contribution is -0.136. The molecule has 1 atom stereocenters. The number of benzene rings is 2. The molecule has 0 unspecified atom stereocenters. The molecule has 2 aliphatic rings. The number of anilines is 1. The smallest absolute Gasteiger partial charge is 0.336 e. The van der Waals surface area contributed by atoms with Crippen LogP contribution in [0.25, 0.3) is 0 Å². The van der Waals surface area contributed by atoms with Crippen molar-refractivity contribution >= 4 is 29.2 Å². The molecule has 0 aliphatic carbocycles. The molecule has 28 heavy (non-hydrogen) atoms. The number of esters is 1. The van der Waals surface area contributed by atoms with E-state index in [9.17, 15) is 9.59 Å². The fourth-order valence-corrected chi connectivity index (χ4v) is 3.84. The van der Waals surface area contributed by atoms with Crippen molar-refractivity contribution in [3.63, 3.8) is 0 Å². The summed E-state index contributed by atoms with van der Waals surface area (Å²) in [7, 11) is 3.11. The minimum absolute atomic E-state index is 0.0531. The highest BCUT2D eigenvalue weighted by atomic mass is 35.5. The molecule has 2 heterocycles. The van der Waals surface area contributed by atoms with E-state index >= 15 is 0 Å². The molecule has 0 fully saturated rings. The van der Waals surface area contributed by atoms with Crippen LogP contribution in [0.15, 0.2) is 53.7 Å². The molecular formula is C21H18ClNO5. The van der Waals surface area contributed by atoms with Crippen LogP contribution < -0.4 is 14.4 Å². The maximum atomic E-state index is 13.1. The molecule has 0 bridgehead atoms. The first-order chi connectivity index (χ1) is 13.5. The summed E-state index contributed by atoms with van der Waals surface area (Å²) in [6.07, 6.45) is 0.124. The number of hydrogen-bond acceptors (Lipinski definition) is 5. The van der Waals surface area contributed by atoms with E-state index in [-0.39, 0.29) is 18.9 Å². The van der Waals surface area contributed by atoms with Crippen molar-refractivity contribution in [1.29, 1.82) is 0 Å². The highest BCUT2D eigenvalue weighted by molar-refractivity contribution is 6.30. The van der Waals surface area contributed by atoms with Crippen molar-refractivity contribution in [3.8, 4) is 11.5 Å². The normalized spacial score (nSPS) is 18.8. The van der Waals surface area contributed by atoms with Gasteiger partial charge in [0.1, 0.15) is 18.1 Å². The van der Waals surface area contributed by atoms with Gasteiger partial charge in [0.2, 0.25) is 5.91 Å². The van der Waals surface area contributed by atoms with Gasteiger partial charge in [-0.05, 0) is 30.3 Å². The van der Waals surface area contributed by atoms with E-state index in [1.165, 1.54) is 0 Å². The highest BCUT2D eigenvalue weighted by Gasteiger charge is 2.43. The molecule has 144 valence electrons. The van der Waals surface area contributed by atoms with Crippen molar-refractivity contribution < 1.29 is 23.8 Å². The molecule has 0 radical (unpaired) electrons. The predicted octanol–water partition coefficient (Wildman–Crippen LogP) is 3.69. The van der Waals surface area contributed by atoms with E-state index in [1.54, 1.807) is 55.5 Å². The molecule has 2 aromatic rings. The molecular weight excluding hydrogens is 382 g/mol. The van der Waals surface area contributed by atoms with Gasteiger partial charge in [-0.1, -0.05) is 17.7 Å². The Labute approximate surface area is 167 Å². The predicted molar refractivity (Wildman–Crippen MR) is 104 cm³/mol. The minimum Gasteiger partial charge on any atom is -0.497 e. The second-order valence-electron chi connectivity index (χ2n) is 6.51. The summed E-state index contributed by atoms with van der Waals surface area (Å²) < 4.78 is 16.0. The van der Waals surface area contributed by atoms with Crippen LogP contribution in [0, 0.1) is 0 Å². The maximum Gasteiger partial charge on any atom is 0.336 e. The molecule has 2 aromatic carbocycles. The standard InChI is InChI=1S/C21H18ClNO5/c1-26-14-7-8-15(18(9-14)27-2)16-10-19(24)23(13-5-3-12(22)4-6-13)17-11-28-21(25)20(16)17/h3-9,16H,10-11H2,1-2H3/t16-/m0/s1. The summed E-state index contributed by atoms with van der Waals surface area (Å²) in [4.78, 5) is 27.2. The van der Waals surface area contributed by atoms with Gasteiger partial charge in [0.25, 0.3) is 0 Å². The number of ether oxygens (including phenoxy) is 3. The number of halogens is 1. The van der Waals surface area contributed by atoms with E-state index in [1.807, 2.05) is 6.07 Å². The zero-order valence-electron chi connectivity index (χ0n) is 15.4. The van der Waals surface area contributed by atoms with Gasteiger partial charge in [0, 0.05) is 34.7 Å². The van der Waals surface area contributed by atoms with E-state index < -0.39 is 11.9 Å². The van der Waals surface area contributed by atoms with Crippen molar-refractivity contribution in [2.75, 3.05) is 25.7 Å². The summed E-state index contributed by atoms with van der Waals surface area (Å²) in [5, 5.41) is 0.571. The fourth-order valence-electron chi connectivity index (χ4n) is 3.72. The van der Waals surface area contributed by atoms with Gasteiger partial charge >= 0.3 is 5.97 Å². The molecule has 2 aliphatic heterocycles. The lowest BCUT2D eigenvalue weighted by Gasteiger charge is -2.32. The Kier molecular flexibility index (Phi) is 4.73. The van der Waals surface area contributed by atoms with E-state index in [4.69, 9.17) is 25.8 Å². The molecule has 0 spiro atoms. The van der Waals surface area contributed by atoms with E-state index in [0.717, 1.165) is 5.56 Å². The lowest BCUT2D eigenvalue weighted by atomic mass is 9.83. The van der Waals surface area contributed by atoms with Gasteiger partial charge < -0.3 is 14.2 Å². The van der Waals surface area contributed by atoms with Crippen LogP contribution in [0.1, 0.15) is 17.9 Å². The summed E-state index contributed by atoms with van der Waals surface area (Å²) in [6.45, 7) is 0.0531. The van der Waals surface area contributed by atoms with Gasteiger partial charge in [0.15, 0.2) is 0 Å². The van der Waals surface area contributed by atoms with Crippen LogP contribution >= 0.6 is 11.6 Å². The Morgan fingerprint density at radius 3 is 2.50 bits per heavy atom. The molecule has 1 amide bonds. The number of carbonyl (C=O) groups is 2. The molecule has 0 saturated carbocycles. The van der Waals surface area contributed by atoms with Crippen LogP contribution in [0.4, 0.5) is 5.69 Å². The largest absolute Gasteiger partial charge is 0.497 e. The van der Waals surface area contributed by atoms with Crippen LogP contribution in [0.3, 0.4) is 0 Å². The van der Waals surface area contributed by atoms with Gasteiger partial charge in [-0.25, -0.2) is 4.79 Å². The first-order valence-corrected chi connectivity index (χ1v) is 9.12. The number of carbonyl (C=O) groups excluding carboxylic acids is 2. The number of nitrogens with zero attached hydrogens (tertiary/aromatic N) is 1. The molecule has 0 aromatic heterocycles. The summed E-state index contributed by atoms with van der Waals surface area (Å²) in [5.74, 6) is 0.214. The number of amides is 1. The zero-order valence-corrected chi connectivity index (χ0v) is 16.2. The van der Waals surface area contributed by atoms with Crippen molar-refractivity contribution in [2.45, 2.75) is 12.3 Å². The summed E-state index contributed by atoms with van der Waals surface area (Å²) in [5.41, 5.74) is 2.45. The van der Waals surface area contributed by atoms with Gasteiger partial charge in [-0.2, -0.15) is 0 Å². The zero-order chi connectivity index (χ0) is 19.8. The molecule has 7 heteroatoms. The number of methoxy groups -OCH3 is 2. The van der Waals surface area contributed by atoms with Crippen LogP contribution in [0.2, 0.25) is 5.02 Å². The van der Waals surface area contributed by atoms with E-state index in [2.05, 4.69) is 0 Å². The summed E-state index contributed by atoms with van der Waals surface area (Å²) in [6, 6.07) is 12.3. The third-order valence-corrected chi connectivity index (χ3v) is 5.27. The van der Waals surface area contributed by atoms with Gasteiger partial charge in [0.05, 0.1) is 25.5 Å². The summed E-state index contributed by atoms with van der Waals surface area (Å²) >= 11 is 5.96. The van der Waals surface area contributed by atoms with Gasteiger partial charge in [-0.3, -0.25) is 9.69 Å². The first kappa shape index (κ1) is 18.4. The Balaban J connectivity index is 1.83. The van der Waals surface area contributed by atoms with Crippen molar-refractivity contribution in [3.05, 3.63) is 64.3 Å². The van der Waals surface area contributed by atoms with Gasteiger partial charge in [-0.15, -0.1) is 0 Å². The third-order valence-electron chi connectivity index (χ3n) is 5.02. The van der Waals surface area contributed by atoms with Crippen molar-refractivity contribution in [1.82, 2.24) is 0 Å². The molecule has 6 nitrogen and oxygen atoms in total. The minimum atomic E-state index is -0.443. The Bertz CT molecular complexity index is 983. The third kappa shape index (κ3) is 2.99.